The van der Waals surface area contributed by atoms with Gasteiger partial charge in [-0.25, -0.2) is 8.42 Å². The van der Waals surface area contributed by atoms with E-state index >= 15 is 0 Å². The molecule has 4 nitrogen and oxygen atoms in total. The first kappa shape index (κ1) is 15.7. The molecule has 1 saturated heterocycles. The minimum atomic E-state index is -3.46. The molecule has 1 fully saturated rings. The quantitative estimate of drug-likeness (QED) is 0.881. The van der Waals surface area contributed by atoms with Crippen LogP contribution >= 0.6 is 0 Å². The summed E-state index contributed by atoms with van der Waals surface area (Å²) in [6, 6.07) is 14.6. The van der Waals surface area contributed by atoms with Crippen LogP contribution in [0.1, 0.15) is 24.8 Å². The molecule has 2 heterocycles. The molecule has 0 amide bonds. The van der Waals surface area contributed by atoms with Crippen molar-refractivity contribution in [3.8, 4) is 0 Å². The highest BCUT2D eigenvalue weighted by atomic mass is 32.2. The van der Waals surface area contributed by atoms with Crippen LogP contribution in [0.2, 0.25) is 0 Å². The van der Waals surface area contributed by atoms with Crippen molar-refractivity contribution in [2.24, 2.45) is 5.92 Å². The topological polar surface area (TPSA) is 58.2 Å². The smallest absolute Gasteiger partial charge is 0.206 e. The molecule has 2 aromatic rings. The van der Waals surface area contributed by atoms with Gasteiger partial charge in [-0.15, -0.1) is 0 Å². The number of nitrogens with one attached hydrogen (secondary N) is 2. The Morgan fingerprint density at radius 2 is 1.83 bits per heavy atom. The first-order valence-corrected chi connectivity index (χ1v) is 9.97. The lowest BCUT2D eigenvalue weighted by Gasteiger charge is -2.22. The Hall–Kier alpha value is -1.85. The Morgan fingerprint density at radius 3 is 2.62 bits per heavy atom. The van der Waals surface area contributed by atoms with Gasteiger partial charge >= 0.3 is 0 Å². The number of sulfone groups is 1. The Morgan fingerprint density at radius 1 is 1.04 bits per heavy atom. The van der Waals surface area contributed by atoms with Crippen LogP contribution in [-0.4, -0.2) is 27.5 Å². The van der Waals surface area contributed by atoms with E-state index in [1.165, 1.54) is 0 Å². The zero-order valence-corrected chi connectivity index (χ0v) is 14.5. The van der Waals surface area contributed by atoms with Crippen LogP contribution in [-0.2, 0) is 9.84 Å². The lowest BCUT2D eigenvalue weighted by Crippen LogP contribution is -2.31. The fourth-order valence-corrected chi connectivity index (χ4v) is 5.26. The van der Waals surface area contributed by atoms with E-state index < -0.39 is 9.84 Å². The van der Waals surface area contributed by atoms with E-state index in [1.54, 1.807) is 30.3 Å². The minimum Gasteiger partial charge on any atom is -0.381 e. The molecule has 5 heteroatoms. The van der Waals surface area contributed by atoms with Crippen LogP contribution in [0.25, 0.3) is 0 Å². The zero-order valence-electron chi connectivity index (χ0n) is 13.7. The number of hydrogen-bond donors (Lipinski definition) is 2. The molecule has 2 aliphatic heterocycles. The van der Waals surface area contributed by atoms with Crippen molar-refractivity contribution in [3.63, 3.8) is 0 Å². The summed E-state index contributed by atoms with van der Waals surface area (Å²) in [5, 5.41) is 7.08. The zero-order chi connectivity index (χ0) is 16.7. The third kappa shape index (κ3) is 2.52. The van der Waals surface area contributed by atoms with E-state index in [2.05, 4.69) is 17.6 Å². The van der Waals surface area contributed by atoms with E-state index in [1.807, 2.05) is 18.2 Å². The third-order valence-electron chi connectivity index (χ3n) is 5.25. The van der Waals surface area contributed by atoms with Gasteiger partial charge in [0.25, 0.3) is 0 Å². The molecule has 4 rings (SSSR count). The highest BCUT2D eigenvalue weighted by Gasteiger charge is 2.37. The Kier molecular flexibility index (Phi) is 3.85. The number of fused-ring (bicyclic) bond motifs is 3. The standard InChI is InChI=1S/C19H22N2O2S/c1-13-12-20-10-9-16-17-11-15(7-8-18(17)21-19(13)16)24(22,23)14-5-3-2-4-6-14/h2-8,11,13,16,19-21H,9-10,12H2,1H3/t13?,16-,19+/m0/s1. The van der Waals surface area contributed by atoms with Crippen LogP contribution in [0, 0.1) is 5.92 Å². The predicted molar refractivity (Wildman–Crippen MR) is 95.1 cm³/mol. The molecule has 24 heavy (non-hydrogen) atoms. The van der Waals surface area contributed by atoms with E-state index in [9.17, 15) is 8.42 Å². The SMILES string of the molecule is CC1CNCC[C@H]2c3cc(S(=O)(=O)c4ccccc4)ccc3N[C@H]12. The molecule has 0 radical (unpaired) electrons. The van der Waals surface area contributed by atoms with Gasteiger partial charge in [0.1, 0.15) is 0 Å². The van der Waals surface area contributed by atoms with Gasteiger partial charge in [0.05, 0.1) is 9.79 Å². The summed E-state index contributed by atoms with van der Waals surface area (Å²) in [7, 11) is -3.46. The molecule has 2 aromatic carbocycles. The number of rotatable bonds is 2. The second-order valence-electron chi connectivity index (χ2n) is 6.81. The predicted octanol–water partition coefficient (Wildman–Crippen LogP) is 3.03. The van der Waals surface area contributed by atoms with Crippen molar-refractivity contribution in [2.45, 2.75) is 35.1 Å². The van der Waals surface area contributed by atoms with Crippen molar-refractivity contribution in [1.29, 1.82) is 0 Å². The van der Waals surface area contributed by atoms with Crippen molar-refractivity contribution in [3.05, 3.63) is 54.1 Å². The van der Waals surface area contributed by atoms with Crippen molar-refractivity contribution in [1.82, 2.24) is 5.32 Å². The molecular formula is C19H22N2O2S. The summed E-state index contributed by atoms with van der Waals surface area (Å²) in [4.78, 5) is 0.739. The Bertz CT molecular complexity index is 849. The van der Waals surface area contributed by atoms with E-state index in [0.717, 1.165) is 30.8 Å². The summed E-state index contributed by atoms with van der Waals surface area (Å²) in [6.45, 7) is 4.22. The van der Waals surface area contributed by atoms with E-state index in [0.29, 0.717) is 27.7 Å². The van der Waals surface area contributed by atoms with Gasteiger partial charge in [-0.2, -0.15) is 0 Å². The second-order valence-corrected chi connectivity index (χ2v) is 8.76. The highest BCUT2D eigenvalue weighted by molar-refractivity contribution is 7.91. The molecular weight excluding hydrogens is 320 g/mol. The molecule has 0 saturated carbocycles. The monoisotopic (exact) mass is 342 g/mol. The summed E-state index contributed by atoms with van der Waals surface area (Å²) >= 11 is 0. The molecule has 0 aromatic heterocycles. The maximum atomic E-state index is 12.9. The molecule has 2 aliphatic rings. The summed E-state index contributed by atoms with van der Waals surface area (Å²) < 4.78 is 25.8. The van der Waals surface area contributed by atoms with Crippen molar-refractivity contribution < 1.29 is 8.42 Å². The fourth-order valence-electron chi connectivity index (χ4n) is 3.94. The van der Waals surface area contributed by atoms with Crippen LogP contribution < -0.4 is 10.6 Å². The van der Waals surface area contributed by atoms with Crippen LogP contribution in [0.15, 0.2) is 58.3 Å². The number of hydrogen-bond acceptors (Lipinski definition) is 4. The first-order valence-electron chi connectivity index (χ1n) is 8.49. The molecule has 1 unspecified atom stereocenters. The maximum Gasteiger partial charge on any atom is 0.206 e. The molecule has 0 spiro atoms. The van der Waals surface area contributed by atoms with Gasteiger partial charge in [-0.1, -0.05) is 25.1 Å². The third-order valence-corrected chi connectivity index (χ3v) is 7.02. The first-order chi connectivity index (χ1) is 11.6. The number of anilines is 1. The van der Waals surface area contributed by atoms with Crippen LogP contribution in [0.3, 0.4) is 0 Å². The Labute approximate surface area is 143 Å². The average molecular weight is 342 g/mol. The fraction of sp³-hybridized carbons (Fsp3) is 0.368. The van der Waals surface area contributed by atoms with Crippen LogP contribution in [0.5, 0.6) is 0 Å². The van der Waals surface area contributed by atoms with E-state index in [-0.39, 0.29) is 0 Å². The molecule has 126 valence electrons. The van der Waals surface area contributed by atoms with Gasteiger partial charge < -0.3 is 10.6 Å². The van der Waals surface area contributed by atoms with Gasteiger partial charge in [-0.05, 0) is 61.3 Å². The lowest BCUT2D eigenvalue weighted by molar-refractivity contribution is 0.454. The van der Waals surface area contributed by atoms with Crippen LogP contribution in [0.4, 0.5) is 5.69 Å². The molecule has 3 atom stereocenters. The lowest BCUT2D eigenvalue weighted by atomic mass is 9.87. The van der Waals surface area contributed by atoms with Gasteiger partial charge in [0.2, 0.25) is 9.84 Å². The van der Waals surface area contributed by atoms with Crippen molar-refractivity contribution >= 4 is 15.5 Å². The highest BCUT2D eigenvalue weighted by Crippen LogP contribution is 2.43. The summed E-state index contributed by atoms with van der Waals surface area (Å²) in [5.41, 5.74) is 2.23. The largest absolute Gasteiger partial charge is 0.381 e. The van der Waals surface area contributed by atoms with E-state index in [4.69, 9.17) is 0 Å². The van der Waals surface area contributed by atoms with Gasteiger partial charge in [0, 0.05) is 17.6 Å². The molecule has 0 bridgehead atoms. The molecule has 0 aliphatic carbocycles. The normalized spacial score (nSPS) is 26.1. The average Bonchev–Trinajstić information content (AvgIpc) is 2.87. The van der Waals surface area contributed by atoms with Gasteiger partial charge in [0.15, 0.2) is 0 Å². The Balaban J connectivity index is 1.75. The molecule has 2 N–H and O–H groups in total. The minimum absolute atomic E-state index is 0.350. The summed E-state index contributed by atoms with van der Waals surface area (Å²) in [5.74, 6) is 0.884. The number of benzene rings is 2. The second kappa shape index (κ2) is 5.90. The maximum absolute atomic E-state index is 12.9. The van der Waals surface area contributed by atoms with Crippen molar-refractivity contribution in [2.75, 3.05) is 18.4 Å². The summed E-state index contributed by atoms with van der Waals surface area (Å²) in [6.07, 6.45) is 1.03. The van der Waals surface area contributed by atoms with Gasteiger partial charge in [-0.3, -0.25) is 0 Å².